The van der Waals surface area contributed by atoms with Crippen molar-refractivity contribution < 1.29 is 13.2 Å². The first-order chi connectivity index (χ1) is 12.3. The van der Waals surface area contributed by atoms with E-state index in [-0.39, 0.29) is 16.8 Å². The van der Waals surface area contributed by atoms with E-state index in [4.69, 9.17) is 0 Å². The van der Waals surface area contributed by atoms with E-state index in [1.807, 2.05) is 32.9 Å². The number of sulfonamides is 1. The fourth-order valence-electron chi connectivity index (χ4n) is 2.68. The third-order valence-corrected chi connectivity index (χ3v) is 6.22. The quantitative estimate of drug-likeness (QED) is 0.803. The number of carbonyl (C=O) groups excluding carboxylic acids is 1. The molecule has 26 heavy (non-hydrogen) atoms. The van der Waals surface area contributed by atoms with Crippen LogP contribution in [0.5, 0.6) is 0 Å². The predicted molar refractivity (Wildman–Crippen MR) is 105 cm³/mol. The van der Waals surface area contributed by atoms with Crippen LogP contribution in [0, 0.1) is 6.92 Å². The Kier molecular flexibility index (Phi) is 6.42. The van der Waals surface area contributed by atoms with E-state index in [0.29, 0.717) is 11.3 Å². The lowest BCUT2D eigenvalue weighted by atomic mass is 10.1. The van der Waals surface area contributed by atoms with Crippen molar-refractivity contribution in [3.8, 4) is 0 Å². The maximum Gasteiger partial charge on any atom is 0.264 e. The smallest absolute Gasteiger partial charge is 0.264 e. The van der Waals surface area contributed by atoms with Crippen molar-refractivity contribution in [3.05, 3.63) is 59.7 Å². The third-order valence-electron chi connectivity index (χ3n) is 4.44. The molecule has 0 bridgehead atoms. The summed E-state index contributed by atoms with van der Waals surface area (Å²) in [5, 5.41) is 2.93. The summed E-state index contributed by atoms with van der Waals surface area (Å²) >= 11 is 0. The molecule has 0 radical (unpaired) electrons. The van der Waals surface area contributed by atoms with Gasteiger partial charge in [-0.1, -0.05) is 32.0 Å². The zero-order chi connectivity index (χ0) is 19.3. The second kappa shape index (κ2) is 8.36. The van der Waals surface area contributed by atoms with Crippen LogP contribution in [0.25, 0.3) is 0 Å². The number of aryl methyl sites for hydroxylation is 1. The van der Waals surface area contributed by atoms with Crippen LogP contribution in [-0.4, -0.2) is 27.4 Å². The van der Waals surface area contributed by atoms with Crippen molar-refractivity contribution in [1.29, 1.82) is 0 Å². The number of hydrogen-bond donors (Lipinski definition) is 1. The zero-order valence-electron chi connectivity index (χ0n) is 15.7. The number of anilines is 1. The Labute approximate surface area is 156 Å². The van der Waals surface area contributed by atoms with Crippen LogP contribution in [-0.2, 0) is 10.0 Å². The van der Waals surface area contributed by atoms with Gasteiger partial charge in [-0.25, -0.2) is 8.42 Å². The summed E-state index contributed by atoms with van der Waals surface area (Å²) in [6.45, 7) is 5.92. The van der Waals surface area contributed by atoms with E-state index in [9.17, 15) is 13.2 Å². The molecular weight excluding hydrogens is 348 g/mol. The second-order valence-corrected chi connectivity index (χ2v) is 8.30. The van der Waals surface area contributed by atoms with E-state index >= 15 is 0 Å². The molecule has 2 rings (SSSR count). The van der Waals surface area contributed by atoms with Crippen LogP contribution in [0.4, 0.5) is 5.69 Å². The van der Waals surface area contributed by atoms with Crippen LogP contribution in [0.1, 0.15) is 42.6 Å². The topological polar surface area (TPSA) is 66.5 Å². The lowest BCUT2D eigenvalue weighted by Crippen LogP contribution is -2.34. The summed E-state index contributed by atoms with van der Waals surface area (Å²) < 4.78 is 27.1. The molecule has 0 heterocycles. The third kappa shape index (κ3) is 4.43. The average molecular weight is 375 g/mol. The highest BCUT2D eigenvalue weighted by molar-refractivity contribution is 7.92. The summed E-state index contributed by atoms with van der Waals surface area (Å²) in [6.07, 6.45) is 1.66. The minimum atomic E-state index is -3.75. The standard InChI is InChI=1S/C20H26N2O3S/c1-5-17(6-2)21-20(23)16-10-8-12-19(14-16)26(24,25)22(4)18-11-7-9-15(3)13-18/h7-14,17H,5-6H2,1-4H3,(H,21,23). The van der Waals surface area contributed by atoms with E-state index in [1.54, 1.807) is 24.3 Å². The van der Waals surface area contributed by atoms with Gasteiger partial charge in [-0.05, 0) is 55.7 Å². The molecule has 5 nitrogen and oxygen atoms in total. The fraction of sp³-hybridized carbons (Fsp3) is 0.350. The van der Waals surface area contributed by atoms with Crippen LogP contribution in [0.15, 0.2) is 53.4 Å². The molecule has 0 aliphatic heterocycles. The Hall–Kier alpha value is -2.34. The van der Waals surface area contributed by atoms with Gasteiger partial charge >= 0.3 is 0 Å². The molecule has 1 amide bonds. The second-order valence-electron chi connectivity index (χ2n) is 6.33. The van der Waals surface area contributed by atoms with E-state index < -0.39 is 10.0 Å². The minimum Gasteiger partial charge on any atom is -0.349 e. The molecular formula is C20H26N2O3S. The Morgan fingerprint density at radius 3 is 2.35 bits per heavy atom. The Morgan fingerprint density at radius 1 is 1.08 bits per heavy atom. The van der Waals surface area contributed by atoms with Gasteiger partial charge in [0.25, 0.3) is 15.9 Å². The first-order valence-corrected chi connectivity index (χ1v) is 10.2. The monoisotopic (exact) mass is 374 g/mol. The van der Waals surface area contributed by atoms with E-state index in [2.05, 4.69) is 5.32 Å². The first-order valence-electron chi connectivity index (χ1n) is 8.76. The zero-order valence-corrected chi connectivity index (χ0v) is 16.5. The van der Waals surface area contributed by atoms with Crippen LogP contribution < -0.4 is 9.62 Å². The van der Waals surface area contributed by atoms with Crippen molar-refractivity contribution in [3.63, 3.8) is 0 Å². The van der Waals surface area contributed by atoms with Gasteiger partial charge in [-0.3, -0.25) is 9.10 Å². The van der Waals surface area contributed by atoms with Crippen molar-refractivity contribution in [1.82, 2.24) is 5.32 Å². The molecule has 0 aliphatic rings. The number of rotatable bonds is 7. The summed E-state index contributed by atoms with van der Waals surface area (Å²) in [5.41, 5.74) is 1.90. The molecule has 0 unspecified atom stereocenters. The SMILES string of the molecule is CCC(CC)NC(=O)c1cccc(S(=O)(=O)N(C)c2cccc(C)c2)c1. The number of nitrogens with one attached hydrogen (secondary N) is 1. The number of benzene rings is 2. The molecule has 0 spiro atoms. The van der Waals surface area contributed by atoms with Gasteiger partial charge in [-0.2, -0.15) is 0 Å². The molecule has 0 saturated heterocycles. The molecule has 0 saturated carbocycles. The predicted octanol–water partition coefficient (Wildman–Crippen LogP) is 3.74. The summed E-state index contributed by atoms with van der Waals surface area (Å²) in [6, 6.07) is 13.5. The van der Waals surface area contributed by atoms with Gasteiger partial charge in [-0.15, -0.1) is 0 Å². The Bertz CT molecular complexity index is 874. The van der Waals surface area contributed by atoms with E-state index in [1.165, 1.54) is 23.5 Å². The van der Waals surface area contributed by atoms with Crippen molar-refractivity contribution in [2.45, 2.75) is 44.6 Å². The largest absolute Gasteiger partial charge is 0.349 e. The highest BCUT2D eigenvalue weighted by atomic mass is 32.2. The summed E-state index contributed by atoms with van der Waals surface area (Å²) in [5.74, 6) is -0.256. The molecule has 0 aliphatic carbocycles. The number of nitrogens with zero attached hydrogens (tertiary/aromatic N) is 1. The lowest BCUT2D eigenvalue weighted by molar-refractivity contribution is 0.0934. The minimum absolute atomic E-state index is 0.0812. The fourth-order valence-corrected chi connectivity index (χ4v) is 3.91. The van der Waals surface area contributed by atoms with Gasteiger partial charge < -0.3 is 5.32 Å². The highest BCUT2D eigenvalue weighted by Crippen LogP contribution is 2.23. The molecule has 140 valence electrons. The maximum absolute atomic E-state index is 12.9. The van der Waals surface area contributed by atoms with Crippen molar-refractivity contribution in [2.24, 2.45) is 0 Å². The normalized spacial score (nSPS) is 11.4. The van der Waals surface area contributed by atoms with Gasteiger partial charge in [0.2, 0.25) is 0 Å². The van der Waals surface area contributed by atoms with Crippen LogP contribution >= 0.6 is 0 Å². The molecule has 0 fully saturated rings. The van der Waals surface area contributed by atoms with Crippen LogP contribution in [0.3, 0.4) is 0 Å². The molecule has 2 aromatic rings. The molecule has 0 atom stereocenters. The molecule has 2 aromatic carbocycles. The average Bonchev–Trinajstić information content (AvgIpc) is 2.65. The van der Waals surface area contributed by atoms with Crippen molar-refractivity contribution >= 4 is 21.6 Å². The Morgan fingerprint density at radius 2 is 1.73 bits per heavy atom. The van der Waals surface area contributed by atoms with Crippen molar-refractivity contribution in [2.75, 3.05) is 11.4 Å². The van der Waals surface area contributed by atoms with Gasteiger partial charge in [0, 0.05) is 18.7 Å². The number of hydrogen-bond acceptors (Lipinski definition) is 3. The van der Waals surface area contributed by atoms with Gasteiger partial charge in [0.1, 0.15) is 0 Å². The molecule has 0 aromatic heterocycles. The summed E-state index contributed by atoms with van der Waals surface area (Å²) in [4.78, 5) is 12.5. The Balaban J connectivity index is 2.32. The van der Waals surface area contributed by atoms with E-state index in [0.717, 1.165) is 18.4 Å². The van der Waals surface area contributed by atoms with Gasteiger partial charge in [0.15, 0.2) is 0 Å². The molecule has 1 N–H and O–H groups in total. The van der Waals surface area contributed by atoms with Gasteiger partial charge in [0.05, 0.1) is 10.6 Å². The lowest BCUT2D eigenvalue weighted by Gasteiger charge is -2.20. The van der Waals surface area contributed by atoms with Crippen LogP contribution in [0.2, 0.25) is 0 Å². The summed E-state index contributed by atoms with van der Waals surface area (Å²) in [7, 11) is -2.24. The number of carbonyl (C=O) groups is 1. The molecule has 6 heteroatoms. The number of amides is 1. The first kappa shape index (κ1) is 20.0. The highest BCUT2D eigenvalue weighted by Gasteiger charge is 2.23. The maximum atomic E-state index is 12.9.